The van der Waals surface area contributed by atoms with E-state index in [1.54, 1.807) is 0 Å². The van der Waals surface area contributed by atoms with Gasteiger partial charge in [0.1, 0.15) is 17.1 Å². The maximum atomic E-state index is 5.03. The molecule has 0 aliphatic carbocycles. The van der Waals surface area contributed by atoms with Crippen LogP contribution in [0.3, 0.4) is 0 Å². The topological polar surface area (TPSA) is 109 Å². The molecule has 0 saturated heterocycles. The summed E-state index contributed by atoms with van der Waals surface area (Å²) in [5, 5.41) is 1.87. The van der Waals surface area contributed by atoms with Crippen LogP contribution in [0.4, 0.5) is 0 Å². The summed E-state index contributed by atoms with van der Waals surface area (Å²) < 4.78 is 0. The van der Waals surface area contributed by atoms with Crippen LogP contribution in [0.1, 0.15) is 0 Å². The van der Waals surface area contributed by atoms with E-state index in [1.165, 1.54) is 0 Å². The SMILES string of the molecule is Sc1ccc2c(c1)-c1nc-2nc2nc(nc3[nH]c([nH]c4nc(n1)-c1ccccc1-4)c1ccc(S)cc31)-c1ccccc1-2. The van der Waals surface area contributed by atoms with Gasteiger partial charge in [-0.05, 0) is 36.4 Å². The van der Waals surface area contributed by atoms with Crippen molar-refractivity contribution in [2.45, 2.75) is 9.79 Å². The van der Waals surface area contributed by atoms with Crippen LogP contribution in [-0.2, 0) is 0 Å². The van der Waals surface area contributed by atoms with Gasteiger partial charge in [0.2, 0.25) is 0 Å². The van der Waals surface area contributed by atoms with Crippen LogP contribution in [0.5, 0.6) is 0 Å². The molecule has 8 bridgehead atoms. The molecule has 0 spiro atoms. The summed E-state index contributed by atoms with van der Waals surface area (Å²) in [7, 11) is 0. The molecule has 3 aliphatic heterocycles. The molecule has 198 valence electrons. The number of hydrogen-bond acceptors (Lipinski definition) is 8. The fraction of sp³-hybridized carbons (Fsp3) is 0. The molecule has 2 N–H and O–H groups in total. The number of aromatic nitrogens is 8. The van der Waals surface area contributed by atoms with E-state index in [-0.39, 0.29) is 0 Å². The van der Waals surface area contributed by atoms with Gasteiger partial charge in [0.25, 0.3) is 0 Å². The summed E-state index contributed by atoms with van der Waals surface area (Å²) in [4.78, 5) is 38.4. The molecule has 0 unspecified atom stereocenters. The highest BCUT2D eigenvalue weighted by Gasteiger charge is 2.25. The zero-order valence-electron chi connectivity index (χ0n) is 21.7. The Kier molecular flexibility index (Phi) is 4.90. The molecule has 0 saturated carbocycles. The van der Waals surface area contributed by atoms with Crippen LogP contribution < -0.4 is 0 Å². The predicted octanol–water partition coefficient (Wildman–Crippen LogP) is 7.35. The molecule has 0 fully saturated rings. The molecule has 5 heterocycles. The van der Waals surface area contributed by atoms with Gasteiger partial charge >= 0.3 is 0 Å². The van der Waals surface area contributed by atoms with E-state index in [4.69, 9.17) is 29.9 Å². The quantitative estimate of drug-likeness (QED) is 0.140. The average molecular weight is 579 g/mol. The van der Waals surface area contributed by atoms with Gasteiger partial charge in [-0.25, -0.2) is 29.9 Å². The minimum Gasteiger partial charge on any atom is -0.325 e. The van der Waals surface area contributed by atoms with Crippen molar-refractivity contribution in [2.24, 2.45) is 0 Å². The number of nitrogens with one attached hydrogen (secondary N) is 2. The van der Waals surface area contributed by atoms with Crippen molar-refractivity contribution in [2.75, 3.05) is 0 Å². The van der Waals surface area contributed by atoms with E-state index in [9.17, 15) is 0 Å². The van der Waals surface area contributed by atoms with Gasteiger partial charge < -0.3 is 9.97 Å². The van der Waals surface area contributed by atoms with Crippen molar-refractivity contribution in [1.29, 1.82) is 0 Å². The maximum Gasteiger partial charge on any atom is 0.164 e. The second-order valence-electron chi connectivity index (χ2n) is 10.2. The Morgan fingerprint density at radius 1 is 0.429 bits per heavy atom. The first-order valence-corrected chi connectivity index (χ1v) is 14.2. The van der Waals surface area contributed by atoms with Gasteiger partial charge in [0.15, 0.2) is 29.1 Å². The van der Waals surface area contributed by atoms with E-state index >= 15 is 0 Å². The van der Waals surface area contributed by atoms with Crippen molar-refractivity contribution >= 4 is 47.3 Å². The lowest BCUT2D eigenvalue weighted by Crippen LogP contribution is -1.85. The molecular weight excluding hydrogens is 561 g/mol. The summed E-state index contributed by atoms with van der Waals surface area (Å²) in [6.07, 6.45) is 0. The molecule has 6 aromatic rings. The minimum absolute atomic E-state index is 0.524. The number of benzene rings is 4. The van der Waals surface area contributed by atoms with Crippen molar-refractivity contribution in [3.63, 3.8) is 0 Å². The van der Waals surface area contributed by atoms with Gasteiger partial charge in [-0.15, -0.1) is 25.3 Å². The largest absolute Gasteiger partial charge is 0.325 e. The van der Waals surface area contributed by atoms with Gasteiger partial charge in [0, 0.05) is 53.9 Å². The monoisotopic (exact) mass is 578 g/mol. The summed E-state index contributed by atoms with van der Waals surface area (Å²) in [5.74, 6) is 3.40. The number of hydrogen-bond donors (Lipinski definition) is 4. The Morgan fingerprint density at radius 2 is 0.952 bits per heavy atom. The molecule has 8 nitrogen and oxygen atoms in total. The Hall–Kier alpha value is -5.06. The number of thiol groups is 2. The standard InChI is InChI=1S/C32H18N8S2/c41-15-9-11-21-23(13-15)32-38-28-20-8-4-2-6-18(20)26(34-28)36-30-22-12-10-16(42)14-24(22)31(40-30)37-27-19-7-3-1-5-17(19)25(33-27)35-29(21)39-32/h1-14,41-42H,(H2,33,34,35,36,37,38,39,40). The van der Waals surface area contributed by atoms with Crippen LogP contribution in [0.15, 0.2) is 94.7 Å². The highest BCUT2D eigenvalue weighted by Crippen LogP contribution is 2.40. The van der Waals surface area contributed by atoms with Crippen molar-refractivity contribution in [1.82, 2.24) is 39.9 Å². The molecule has 0 amide bonds. The smallest absolute Gasteiger partial charge is 0.164 e. The summed E-state index contributed by atoms with van der Waals surface area (Å²) in [6, 6.07) is 27.8. The molecule has 3 aliphatic rings. The first-order valence-electron chi connectivity index (χ1n) is 13.3. The minimum atomic E-state index is 0.524. The molecule has 0 radical (unpaired) electrons. The first kappa shape index (κ1) is 23.6. The van der Waals surface area contributed by atoms with Crippen LogP contribution >= 0.6 is 25.3 Å². The molecule has 10 heteroatoms. The molecule has 42 heavy (non-hydrogen) atoms. The van der Waals surface area contributed by atoms with E-state index in [2.05, 4.69) is 35.2 Å². The summed E-state index contributed by atoms with van der Waals surface area (Å²) in [5.41, 5.74) is 6.75. The fourth-order valence-corrected chi connectivity index (χ4v) is 6.08. The fourth-order valence-electron chi connectivity index (χ4n) is 5.67. The number of aromatic amines is 2. The van der Waals surface area contributed by atoms with Gasteiger partial charge in [-0.2, -0.15) is 0 Å². The van der Waals surface area contributed by atoms with Crippen LogP contribution in [0, 0.1) is 0 Å². The Labute approximate surface area is 249 Å². The molecule has 4 aromatic carbocycles. The third-order valence-corrected chi connectivity index (χ3v) is 8.17. The first-order chi connectivity index (χ1) is 20.6. The Bertz CT molecular complexity index is 2360. The van der Waals surface area contributed by atoms with E-state index in [1.807, 2.05) is 84.9 Å². The van der Waals surface area contributed by atoms with E-state index in [0.29, 0.717) is 40.6 Å². The van der Waals surface area contributed by atoms with E-state index < -0.39 is 0 Å². The highest BCUT2D eigenvalue weighted by atomic mass is 32.1. The molecule has 9 rings (SSSR count). The average Bonchev–Trinajstić information content (AvgIpc) is 3.72. The summed E-state index contributed by atoms with van der Waals surface area (Å²) in [6.45, 7) is 0. The van der Waals surface area contributed by atoms with Crippen molar-refractivity contribution < 1.29 is 0 Å². The van der Waals surface area contributed by atoms with Gasteiger partial charge in [0.05, 0.1) is 0 Å². The van der Waals surface area contributed by atoms with Crippen molar-refractivity contribution in [3.05, 3.63) is 84.9 Å². The van der Waals surface area contributed by atoms with Crippen LogP contribution in [0.25, 0.3) is 90.4 Å². The number of fused-ring (bicyclic) bond motifs is 20. The van der Waals surface area contributed by atoms with Crippen LogP contribution in [0.2, 0.25) is 0 Å². The Morgan fingerprint density at radius 3 is 1.67 bits per heavy atom. The zero-order chi connectivity index (χ0) is 27.9. The normalized spacial score (nSPS) is 12.0. The third-order valence-electron chi connectivity index (χ3n) is 7.61. The second-order valence-corrected chi connectivity index (χ2v) is 11.2. The van der Waals surface area contributed by atoms with E-state index in [0.717, 1.165) is 59.6 Å². The number of nitrogens with zero attached hydrogens (tertiary/aromatic N) is 6. The van der Waals surface area contributed by atoms with Gasteiger partial charge in [-0.1, -0.05) is 48.5 Å². The molecular formula is C32H18N8S2. The molecule has 2 aromatic heterocycles. The summed E-state index contributed by atoms with van der Waals surface area (Å²) >= 11 is 9.20. The van der Waals surface area contributed by atoms with Gasteiger partial charge in [-0.3, -0.25) is 0 Å². The zero-order valence-corrected chi connectivity index (χ0v) is 23.4. The maximum absolute atomic E-state index is 5.03. The lowest BCUT2D eigenvalue weighted by Gasteiger charge is -2.00. The van der Waals surface area contributed by atoms with Crippen molar-refractivity contribution in [3.8, 4) is 68.3 Å². The predicted molar refractivity (Wildman–Crippen MR) is 169 cm³/mol. The third kappa shape index (κ3) is 3.52. The number of rotatable bonds is 0. The number of H-pyrrole nitrogens is 2. The Balaban J connectivity index is 1.48. The lowest BCUT2D eigenvalue weighted by molar-refractivity contribution is 1.15. The second kappa shape index (κ2) is 8.72. The molecule has 0 atom stereocenters. The lowest BCUT2D eigenvalue weighted by atomic mass is 10.1. The van der Waals surface area contributed by atoms with Crippen LogP contribution in [-0.4, -0.2) is 39.9 Å². The highest BCUT2D eigenvalue weighted by molar-refractivity contribution is 7.80.